The quantitative estimate of drug-likeness (QED) is 0.637. The van der Waals surface area contributed by atoms with Crippen LogP contribution in [0.2, 0.25) is 0 Å². The van der Waals surface area contributed by atoms with Crippen molar-refractivity contribution in [1.29, 1.82) is 0 Å². The molecule has 0 aliphatic rings. The number of hydrogen-bond acceptors (Lipinski definition) is 6. The fraction of sp³-hybridized carbons (Fsp3) is 0.222. The van der Waals surface area contributed by atoms with E-state index in [1.54, 1.807) is 31.2 Å². The summed E-state index contributed by atoms with van der Waals surface area (Å²) in [5.41, 5.74) is 0.612. The van der Waals surface area contributed by atoms with Gasteiger partial charge in [0, 0.05) is 18.4 Å². The first-order valence-corrected chi connectivity index (χ1v) is 8.86. The fourth-order valence-corrected chi connectivity index (χ4v) is 2.98. The van der Waals surface area contributed by atoms with Gasteiger partial charge >= 0.3 is 0 Å². The van der Waals surface area contributed by atoms with Crippen molar-refractivity contribution in [1.82, 2.24) is 15.5 Å². The molecule has 26 heavy (non-hydrogen) atoms. The topological polar surface area (TPSA) is 85.1 Å². The Bertz CT molecular complexity index is 891. The summed E-state index contributed by atoms with van der Waals surface area (Å²) in [6, 6.07) is 8.74. The van der Waals surface area contributed by atoms with Crippen LogP contribution in [0.25, 0.3) is 11.4 Å². The van der Waals surface area contributed by atoms with Crippen molar-refractivity contribution in [3.05, 3.63) is 58.4 Å². The molecule has 1 atom stereocenters. The zero-order valence-corrected chi connectivity index (χ0v) is 14.8. The largest absolute Gasteiger partial charge is 0.345 e. The summed E-state index contributed by atoms with van der Waals surface area (Å²) in [4.78, 5) is 28.8. The van der Waals surface area contributed by atoms with Crippen molar-refractivity contribution in [2.75, 3.05) is 0 Å². The van der Waals surface area contributed by atoms with Gasteiger partial charge in [0.25, 0.3) is 0 Å². The number of hydrogen-bond donors (Lipinski definition) is 1. The second-order valence-electron chi connectivity index (χ2n) is 5.65. The summed E-state index contributed by atoms with van der Waals surface area (Å²) in [5, 5.41) is 8.39. The number of halogens is 1. The van der Waals surface area contributed by atoms with Crippen molar-refractivity contribution in [2.45, 2.75) is 25.8 Å². The molecule has 0 unspecified atom stereocenters. The molecule has 2 heterocycles. The minimum atomic E-state index is -0.499. The van der Waals surface area contributed by atoms with Gasteiger partial charge in [-0.05, 0) is 42.6 Å². The Morgan fingerprint density at radius 3 is 2.69 bits per heavy atom. The van der Waals surface area contributed by atoms with Crippen LogP contribution in [0.3, 0.4) is 0 Å². The van der Waals surface area contributed by atoms with Crippen LogP contribution in [0.15, 0.2) is 46.3 Å². The van der Waals surface area contributed by atoms with Crippen molar-refractivity contribution in [2.24, 2.45) is 0 Å². The van der Waals surface area contributed by atoms with E-state index in [0.717, 1.165) is 0 Å². The maximum absolute atomic E-state index is 13.0. The van der Waals surface area contributed by atoms with Crippen LogP contribution >= 0.6 is 11.3 Å². The van der Waals surface area contributed by atoms with Crippen molar-refractivity contribution in [3.63, 3.8) is 0 Å². The first kappa shape index (κ1) is 17.9. The molecule has 0 radical (unpaired) electrons. The number of Topliss-reactive ketones (excluding diaryl/α,β-unsaturated/α-hetero) is 1. The van der Waals surface area contributed by atoms with E-state index < -0.39 is 6.04 Å². The van der Waals surface area contributed by atoms with Gasteiger partial charge < -0.3 is 9.84 Å². The second kappa shape index (κ2) is 8.01. The molecule has 0 aliphatic carbocycles. The number of amides is 1. The van der Waals surface area contributed by atoms with Gasteiger partial charge in [0.15, 0.2) is 5.78 Å². The van der Waals surface area contributed by atoms with E-state index in [0.29, 0.717) is 16.3 Å². The number of thiophene rings is 1. The lowest BCUT2D eigenvalue weighted by molar-refractivity contribution is -0.121. The van der Waals surface area contributed by atoms with Crippen LogP contribution in [-0.2, 0) is 4.79 Å². The highest BCUT2D eigenvalue weighted by Crippen LogP contribution is 2.19. The number of nitrogens with one attached hydrogen (secondary N) is 1. The van der Waals surface area contributed by atoms with E-state index in [1.807, 2.05) is 5.38 Å². The Kier molecular flexibility index (Phi) is 5.52. The van der Waals surface area contributed by atoms with Crippen molar-refractivity contribution in [3.8, 4) is 11.4 Å². The van der Waals surface area contributed by atoms with Crippen LogP contribution < -0.4 is 5.32 Å². The predicted molar refractivity (Wildman–Crippen MR) is 94.1 cm³/mol. The van der Waals surface area contributed by atoms with Crippen LogP contribution in [-0.4, -0.2) is 21.8 Å². The zero-order valence-electron chi connectivity index (χ0n) is 13.9. The Hall–Kier alpha value is -2.87. The number of carbonyl (C=O) groups excluding carboxylic acids is 2. The number of ketones is 1. The van der Waals surface area contributed by atoms with E-state index in [4.69, 9.17) is 4.52 Å². The lowest BCUT2D eigenvalue weighted by Gasteiger charge is -2.09. The van der Waals surface area contributed by atoms with Gasteiger partial charge in [-0.25, -0.2) is 4.39 Å². The molecule has 0 saturated heterocycles. The van der Waals surface area contributed by atoms with E-state index in [-0.39, 0.29) is 36.2 Å². The third kappa shape index (κ3) is 4.40. The molecule has 1 aromatic carbocycles. The molecule has 8 heteroatoms. The highest BCUT2D eigenvalue weighted by atomic mass is 32.1. The predicted octanol–water partition coefficient (Wildman–Crippen LogP) is 3.78. The molecule has 0 bridgehead atoms. The van der Waals surface area contributed by atoms with Gasteiger partial charge in [-0.2, -0.15) is 4.98 Å². The Morgan fingerprint density at radius 2 is 2.00 bits per heavy atom. The van der Waals surface area contributed by atoms with Gasteiger partial charge in [0.1, 0.15) is 11.9 Å². The van der Waals surface area contributed by atoms with Crippen molar-refractivity contribution < 1.29 is 18.5 Å². The Morgan fingerprint density at radius 1 is 1.23 bits per heavy atom. The Labute approximate surface area is 153 Å². The zero-order chi connectivity index (χ0) is 18.5. The molecular formula is C18H16FN3O3S. The fourth-order valence-electron chi connectivity index (χ4n) is 2.29. The van der Waals surface area contributed by atoms with Gasteiger partial charge in [-0.1, -0.05) is 11.2 Å². The van der Waals surface area contributed by atoms with E-state index >= 15 is 0 Å². The highest BCUT2D eigenvalue weighted by molar-refractivity contribution is 7.12. The summed E-state index contributed by atoms with van der Waals surface area (Å²) in [6.07, 6.45) is 0.226. The molecule has 0 saturated carbocycles. The molecule has 3 rings (SSSR count). The molecule has 1 amide bonds. The van der Waals surface area contributed by atoms with E-state index in [2.05, 4.69) is 15.5 Å². The minimum Gasteiger partial charge on any atom is -0.345 e. The summed E-state index contributed by atoms with van der Waals surface area (Å²) >= 11 is 1.36. The van der Waals surface area contributed by atoms with Gasteiger partial charge in [0.2, 0.25) is 17.6 Å². The monoisotopic (exact) mass is 373 g/mol. The van der Waals surface area contributed by atoms with E-state index in [9.17, 15) is 14.0 Å². The number of carbonyl (C=O) groups is 2. The highest BCUT2D eigenvalue weighted by Gasteiger charge is 2.18. The van der Waals surface area contributed by atoms with Crippen LogP contribution in [0.5, 0.6) is 0 Å². The smallest absolute Gasteiger partial charge is 0.249 e. The molecular weight excluding hydrogens is 357 g/mol. The van der Waals surface area contributed by atoms with Crippen LogP contribution in [0, 0.1) is 5.82 Å². The Balaban J connectivity index is 1.54. The molecule has 0 fully saturated rings. The minimum absolute atomic E-state index is 0.0563. The van der Waals surface area contributed by atoms with Crippen molar-refractivity contribution >= 4 is 23.0 Å². The maximum Gasteiger partial charge on any atom is 0.249 e. The summed E-state index contributed by atoms with van der Waals surface area (Å²) in [7, 11) is 0. The standard InChI is InChI=1S/C18H16FN3O3S/c1-11(20-16(24)9-8-14(23)15-3-2-10-26-15)18-21-17(22-25-18)12-4-6-13(19)7-5-12/h2-7,10-11H,8-9H2,1H3,(H,20,24)/t11-/m0/s1. The van der Waals surface area contributed by atoms with Crippen LogP contribution in [0.1, 0.15) is 41.4 Å². The molecule has 0 aliphatic heterocycles. The first-order valence-electron chi connectivity index (χ1n) is 7.98. The second-order valence-corrected chi connectivity index (χ2v) is 6.60. The number of nitrogens with zero attached hydrogens (tertiary/aromatic N) is 2. The number of rotatable bonds is 7. The first-order chi connectivity index (χ1) is 12.5. The molecule has 6 nitrogen and oxygen atoms in total. The SMILES string of the molecule is C[C@H](NC(=O)CCC(=O)c1cccs1)c1nc(-c2ccc(F)cc2)no1. The normalized spacial score (nSPS) is 11.9. The summed E-state index contributed by atoms with van der Waals surface area (Å²) in [6.45, 7) is 1.71. The average molecular weight is 373 g/mol. The summed E-state index contributed by atoms with van der Waals surface area (Å²) < 4.78 is 18.1. The molecule has 134 valence electrons. The number of aromatic nitrogens is 2. The van der Waals surface area contributed by atoms with E-state index in [1.165, 1.54) is 23.5 Å². The third-order valence-corrected chi connectivity index (χ3v) is 4.58. The average Bonchev–Trinajstić information content (AvgIpc) is 3.32. The van der Waals surface area contributed by atoms with Gasteiger partial charge in [0.05, 0.1) is 4.88 Å². The van der Waals surface area contributed by atoms with Gasteiger partial charge in [-0.15, -0.1) is 11.3 Å². The maximum atomic E-state index is 13.0. The molecule has 1 N–H and O–H groups in total. The van der Waals surface area contributed by atoms with Crippen LogP contribution in [0.4, 0.5) is 4.39 Å². The number of benzene rings is 1. The molecule has 0 spiro atoms. The van der Waals surface area contributed by atoms with Gasteiger partial charge in [-0.3, -0.25) is 9.59 Å². The molecule has 2 aromatic heterocycles. The lowest BCUT2D eigenvalue weighted by Crippen LogP contribution is -2.27. The lowest BCUT2D eigenvalue weighted by atomic mass is 10.2. The third-order valence-electron chi connectivity index (χ3n) is 3.67. The summed E-state index contributed by atoms with van der Waals surface area (Å²) in [5.74, 6) is -0.130. The molecule has 3 aromatic rings.